The number of nitrogens with zero attached hydrogens (tertiary/aromatic N) is 2. The van der Waals surface area contributed by atoms with E-state index in [0.29, 0.717) is 32.3 Å². The Morgan fingerprint density at radius 3 is 2.59 bits per heavy atom. The highest BCUT2D eigenvalue weighted by Gasteiger charge is 2.30. The molecule has 0 aliphatic heterocycles. The van der Waals surface area contributed by atoms with Crippen molar-refractivity contribution in [2.45, 2.75) is 13.1 Å². The molecule has 4 rings (SSSR count). The van der Waals surface area contributed by atoms with Crippen LogP contribution in [-0.4, -0.2) is 23.0 Å². The largest absolute Gasteiger partial charge is 0.495 e. The van der Waals surface area contributed by atoms with Crippen molar-refractivity contribution in [1.29, 1.82) is 0 Å². The lowest BCUT2D eigenvalue weighted by molar-refractivity contribution is -0.137. The van der Waals surface area contributed by atoms with Crippen molar-refractivity contribution >= 4 is 44.4 Å². The van der Waals surface area contributed by atoms with E-state index in [4.69, 9.17) is 10.5 Å². The smallest absolute Gasteiger partial charge is 0.416 e. The fraction of sp³-hybridized carbons (Fsp3) is 0.125. The Labute approximate surface area is 201 Å². The Morgan fingerprint density at radius 2 is 1.88 bits per heavy atom. The van der Waals surface area contributed by atoms with Gasteiger partial charge in [0, 0.05) is 28.4 Å². The standard InChI is InChI=1S/C24H18BrF3N4O2/c1-12-6-7-13(22(33)31-16-5-3-4-15(10-16)24(26,27)28)8-17(12)18-9-14-11-30-23(29)32-20(14)19(25)21(18)34-2/h3-11H,1-2H3,(H,31,33)(H2,29,30,32). The van der Waals surface area contributed by atoms with E-state index in [1.807, 2.05) is 13.0 Å². The first-order valence-electron chi connectivity index (χ1n) is 9.97. The molecule has 6 nitrogen and oxygen atoms in total. The van der Waals surface area contributed by atoms with Crippen LogP contribution in [0.5, 0.6) is 5.75 Å². The fourth-order valence-electron chi connectivity index (χ4n) is 3.56. The first-order chi connectivity index (χ1) is 16.1. The highest BCUT2D eigenvalue weighted by atomic mass is 79.9. The van der Waals surface area contributed by atoms with Gasteiger partial charge in [-0.2, -0.15) is 13.2 Å². The molecule has 4 aromatic rings. The SMILES string of the molecule is COc1c(-c2cc(C(=O)Nc3cccc(C(F)(F)F)c3)ccc2C)cc2cnc(N)nc2c1Br. The van der Waals surface area contributed by atoms with Crippen molar-refractivity contribution in [2.24, 2.45) is 0 Å². The molecule has 0 bridgehead atoms. The summed E-state index contributed by atoms with van der Waals surface area (Å²) in [7, 11) is 1.51. The van der Waals surface area contributed by atoms with Gasteiger partial charge in [-0.3, -0.25) is 4.79 Å². The monoisotopic (exact) mass is 530 g/mol. The second-order valence-electron chi connectivity index (χ2n) is 7.50. The number of aromatic nitrogens is 2. The van der Waals surface area contributed by atoms with Gasteiger partial charge in [-0.25, -0.2) is 9.97 Å². The summed E-state index contributed by atoms with van der Waals surface area (Å²) in [5.41, 5.74) is 8.00. The van der Waals surface area contributed by atoms with Crippen molar-refractivity contribution in [3.63, 3.8) is 0 Å². The maximum absolute atomic E-state index is 13.0. The normalized spacial score (nSPS) is 11.5. The third-order valence-corrected chi connectivity index (χ3v) is 5.96. The zero-order valence-electron chi connectivity index (χ0n) is 18.0. The average molecular weight is 531 g/mol. The number of nitrogens with one attached hydrogen (secondary N) is 1. The molecule has 1 aromatic heterocycles. The highest BCUT2D eigenvalue weighted by Crippen LogP contribution is 2.42. The molecule has 0 aliphatic carbocycles. The molecular formula is C24H18BrF3N4O2. The molecular weight excluding hydrogens is 513 g/mol. The fourth-order valence-corrected chi connectivity index (χ4v) is 4.26. The zero-order chi connectivity index (χ0) is 24.6. The molecule has 1 amide bonds. The zero-order valence-corrected chi connectivity index (χ0v) is 19.6. The number of alkyl halides is 3. The number of nitrogen functional groups attached to an aromatic ring is 1. The summed E-state index contributed by atoms with van der Waals surface area (Å²) >= 11 is 3.52. The van der Waals surface area contributed by atoms with Crippen molar-refractivity contribution in [3.05, 3.63) is 75.9 Å². The van der Waals surface area contributed by atoms with E-state index in [9.17, 15) is 18.0 Å². The van der Waals surface area contributed by atoms with Gasteiger partial charge in [0.2, 0.25) is 5.95 Å². The second-order valence-corrected chi connectivity index (χ2v) is 8.29. The van der Waals surface area contributed by atoms with Crippen LogP contribution in [-0.2, 0) is 6.18 Å². The first kappa shape index (κ1) is 23.5. The number of carbonyl (C=O) groups excluding carboxylic acids is 1. The molecule has 10 heteroatoms. The Hall–Kier alpha value is -3.66. The van der Waals surface area contributed by atoms with Gasteiger partial charge in [-0.15, -0.1) is 0 Å². The Bertz CT molecular complexity index is 1420. The number of hydrogen-bond donors (Lipinski definition) is 2. The minimum absolute atomic E-state index is 0.0442. The van der Waals surface area contributed by atoms with E-state index in [-0.39, 0.29) is 17.2 Å². The van der Waals surface area contributed by atoms with Crippen LogP contribution in [0, 0.1) is 6.92 Å². The van der Waals surface area contributed by atoms with E-state index in [0.717, 1.165) is 17.7 Å². The van der Waals surface area contributed by atoms with Crippen LogP contribution in [0.4, 0.5) is 24.8 Å². The molecule has 34 heavy (non-hydrogen) atoms. The minimum atomic E-state index is -4.51. The van der Waals surface area contributed by atoms with Gasteiger partial charge in [0.05, 0.1) is 22.7 Å². The van der Waals surface area contributed by atoms with Gasteiger partial charge in [0.1, 0.15) is 5.75 Å². The quantitative estimate of drug-likeness (QED) is 0.326. The number of benzene rings is 3. The number of anilines is 2. The number of amides is 1. The summed E-state index contributed by atoms with van der Waals surface area (Å²) in [5, 5.41) is 3.24. The number of carbonyl (C=O) groups is 1. The summed E-state index contributed by atoms with van der Waals surface area (Å²) in [4.78, 5) is 21.2. The minimum Gasteiger partial charge on any atom is -0.495 e. The maximum atomic E-state index is 13.0. The Kier molecular flexibility index (Phi) is 6.18. The van der Waals surface area contributed by atoms with Gasteiger partial charge in [0.25, 0.3) is 5.91 Å². The Balaban J connectivity index is 1.75. The van der Waals surface area contributed by atoms with Crippen molar-refractivity contribution in [3.8, 4) is 16.9 Å². The average Bonchev–Trinajstić information content (AvgIpc) is 2.79. The van der Waals surface area contributed by atoms with Crippen LogP contribution >= 0.6 is 15.9 Å². The van der Waals surface area contributed by atoms with Gasteiger partial charge in [-0.05, 0) is 70.4 Å². The number of hydrogen-bond acceptors (Lipinski definition) is 5. The number of fused-ring (bicyclic) bond motifs is 1. The van der Waals surface area contributed by atoms with Crippen LogP contribution in [0.3, 0.4) is 0 Å². The molecule has 0 radical (unpaired) electrons. The number of halogens is 4. The van der Waals surface area contributed by atoms with Crippen LogP contribution in [0.1, 0.15) is 21.5 Å². The summed E-state index contributed by atoms with van der Waals surface area (Å²) in [6, 6.07) is 11.3. The molecule has 1 heterocycles. The van der Waals surface area contributed by atoms with Crippen LogP contribution in [0.2, 0.25) is 0 Å². The lowest BCUT2D eigenvalue weighted by Gasteiger charge is -2.16. The number of methoxy groups -OCH3 is 1. The van der Waals surface area contributed by atoms with E-state index in [2.05, 4.69) is 31.2 Å². The number of nitrogens with two attached hydrogens (primary N) is 1. The molecule has 0 saturated heterocycles. The molecule has 0 saturated carbocycles. The molecule has 3 aromatic carbocycles. The van der Waals surface area contributed by atoms with E-state index in [1.54, 1.807) is 24.4 Å². The summed E-state index contributed by atoms with van der Waals surface area (Å²) in [6.07, 6.45) is -2.92. The van der Waals surface area contributed by atoms with Crippen molar-refractivity contribution < 1.29 is 22.7 Å². The van der Waals surface area contributed by atoms with E-state index in [1.165, 1.54) is 19.2 Å². The van der Waals surface area contributed by atoms with Crippen LogP contribution in [0.25, 0.3) is 22.0 Å². The summed E-state index contributed by atoms with van der Waals surface area (Å²) in [5.74, 6) is 0.0621. The molecule has 3 N–H and O–H groups in total. The lowest BCUT2D eigenvalue weighted by atomic mass is 9.96. The maximum Gasteiger partial charge on any atom is 0.416 e. The molecule has 0 fully saturated rings. The van der Waals surface area contributed by atoms with Gasteiger partial charge in [0.15, 0.2) is 0 Å². The predicted molar refractivity (Wildman–Crippen MR) is 128 cm³/mol. The molecule has 0 atom stereocenters. The third-order valence-electron chi connectivity index (χ3n) is 5.23. The van der Waals surface area contributed by atoms with Gasteiger partial charge < -0.3 is 15.8 Å². The summed E-state index contributed by atoms with van der Waals surface area (Å²) in [6.45, 7) is 1.88. The van der Waals surface area contributed by atoms with Gasteiger partial charge >= 0.3 is 6.18 Å². The number of aryl methyl sites for hydroxylation is 1. The summed E-state index contributed by atoms with van der Waals surface area (Å²) < 4.78 is 45.2. The topological polar surface area (TPSA) is 90.1 Å². The molecule has 0 spiro atoms. The van der Waals surface area contributed by atoms with Crippen molar-refractivity contribution in [1.82, 2.24) is 9.97 Å². The third kappa shape index (κ3) is 4.54. The molecule has 0 unspecified atom stereocenters. The predicted octanol–water partition coefficient (Wildman–Crippen LogP) is 6.23. The highest BCUT2D eigenvalue weighted by molar-refractivity contribution is 9.10. The number of ether oxygens (including phenoxy) is 1. The van der Waals surface area contributed by atoms with Gasteiger partial charge in [-0.1, -0.05) is 12.1 Å². The lowest BCUT2D eigenvalue weighted by Crippen LogP contribution is -2.13. The van der Waals surface area contributed by atoms with E-state index < -0.39 is 17.6 Å². The van der Waals surface area contributed by atoms with E-state index >= 15 is 0 Å². The van der Waals surface area contributed by atoms with Crippen LogP contribution in [0.15, 0.2) is 59.2 Å². The van der Waals surface area contributed by atoms with Crippen LogP contribution < -0.4 is 15.8 Å². The van der Waals surface area contributed by atoms with Crippen molar-refractivity contribution in [2.75, 3.05) is 18.2 Å². The molecule has 0 aliphatic rings. The number of rotatable bonds is 4. The second kappa shape index (κ2) is 8.94. The molecule has 174 valence electrons. The Morgan fingerprint density at radius 1 is 1.12 bits per heavy atom. The first-order valence-corrected chi connectivity index (χ1v) is 10.8.